The molecular weight excluding hydrogens is 254 g/mol. The van der Waals surface area contributed by atoms with E-state index in [4.69, 9.17) is 10.5 Å². The van der Waals surface area contributed by atoms with Gasteiger partial charge in [0.2, 0.25) is 5.88 Å². The molecule has 0 spiro atoms. The monoisotopic (exact) mass is 279 g/mol. The fourth-order valence-corrected chi connectivity index (χ4v) is 2.32. The molecule has 1 aliphatic rings. The van der Waals surface area contributed by atoms with Gasteiger partial charge in [-0.3, -0.25) is 4.90 Å². The number of hydrogen-bond donors (Lipinski definition) is 1. The number of ether oxygens (including phenoxy) is 1. The number of nitrogens with zero attached hydrogens (tertiary/aromatic N) is 4. The summed E-state index contributed by atoms with van der Waals surface area (Å²) < 4.78 is 5.18. The second kappa shape index (κ2) is 6.76. The Labute approximate surface area is 121 Å². The van der Waals surface area contributed by atoms with E-state index in [0.29, 0.717) is 11.6 Å². The van der Waals surface area contributed by atoms with Crippen molar-refractivity contribution in [3.8, 4) is 5.88 Å². The van der Waals surface area contributed by atoms with E-state index in [1.165, 1.54) is 0 Å². The number of piperazine rings is 1. The van der Waals surface area contributed by atoms with Gasteiger partial charge >= 0.3 is 0 Å². The first-order chi connectivity index (χ1) is 9.60. The van der Waals surface area contributed by atoms with Crippen molar-refractivity contribution in [2.75, 3.05) is 71.1 Å². The molecule has 2 rings (SSSR count). The number of anilines is 2. The summed E-state index contributed by atoms with van der Waals surface area (Å²) in [7, 11) is 5.82. The molecule has 2 N–H and O–H groups in total. The fraction of sp³-hybridized carbons (Fsp3) is 0.643. The number of nitrogens with two attached hydrogens (primary N) is 1. The van der Waals surface area contributed by atoms with Crippen molar-refractivity contribution < 1.29 is 4.74 Å². The van der Waals surface area contributed by atoms with Crippen molar-refractivity contribution in [1.82, 2.24) is 14.8 Å². The first kappa shape index (κ1) is 14.9. The minimum absolute atomic E-state index is 0.512. The molecule has 1 fully saturated rings. The van der Waals surface area contributed by atoms with Gasteiger partial charge in [-0.2, -0.15) is 4.98 Å². The molecule has 1 aliphatic heterocycles. The van der Waals surface area contributed by atoms with Crippen molar-refractivity contribution in [3.05, 3.63) is 12.1 Å². The number of pyridine rings is 1. The van der Waals surface area contributed by atoms with Gasteiger partial charge in [0.15, 0.2) is 0 Å². The molecule has 0 amide bonds. The average Bonchev–Trinajstić information content (AvgIpc) is 2.46. The number of rotatable bonds is 5. The van der Waals surface area contributed by atoms with Crippen molar-refractivity contribution in [2.45, 2.75) is 0 Å². The Bertz CT molecular complexity index is 430. The highest BCUT2D eigenvalue weighted by molar-refractivity contribution is 5.54. The van der Waals surface area contributed by atoms with Gasteiger partial charge in [-0.05, 0) is 26.2 Å². The summed E-state index contributed by atoms with van der Waals surface area (Å²) in [6.45, 7) is 6.36. The summed E-state index contributed by atoms with van der Waals surface area (Å²) >= 11 is 0. The molecule has 1 saturated heterocycles. The topological polar surface area (TPSA) is 57.9 Å². The zero-order valence-corrected chi connectivity index (χ0v) is 12.7. The summed E-state index contributed by atoms with van der Waals surface area (Å²) in [5, 5.41) is 0. The minimum atomic E-state index is 0.512. The van der Waals surface area contributed by atoms with E-state index in [2.05, 4.69) is 33.8 Å². The second-order valence-electron chi connectivity index (χ2n) is 5.40. The molecule has 1 aromatic heterocycles. The van der Waals surface area contributed by atoms with Crippen LogP contribution in [0.5, 0.6) is 5.88 Å². The van der Waals surface area contributed by atoms with E-state index in [9.17, 15) is 0 Å². The molecule has 2 heterocycles. The number of nitrogen functional groups attached to an aromatic ring is 1. The maximum Gasteiger partial charge on any atom is 0.238 e. The smallest absolute Gasteiger partial charge is 0.238 e. The molecule has 6 nitrogen and oxygen atoms in total. The van der Waals surface area contributed by atoms with Crippen LogP contribution in [0.25, 0.3) is 0 Å². The quantitative estimate of drug-likeness (QED) is 0.840. The lowest BCUT2D eigenvalue weighted by Gasteiger charge is -2.35. The van der Waals surface area contributed by atoms with E-state index in [1.807, 2.05) is 12.1 Å². The predicted octanol–water partition coefficient (Wildman–Crippen LogP) is 0.356. The highest BCUT2D eigenvalue weighted by Crippen LogP contribution is 2.23. The fourth-order valence-electron chi connectivity index (χ4n) is 2.32. The molecule has 0 unspecified atom stereocenters. The largest absolute Gasteiger partial charge is 0.479 e. The summed E-state index contributed by atoms with van der Waals surface area (Å²) in [4.78, 5) is 11.5. The summed E-state index contributed by atoms with van der Waals surface area (Å²) in [5.41, 5.74) is 6.38. The first-order valence-electron chi connectivity index (χ1n) is 7.02. The van der Waals surface area contributed by atoms with Crippen LogP contribution in [0.15, 0.2) is 12.1 Å². The molecule has 0 aliphatic carbocycles. The van der Waals surface area contributed by atoms with Gasteiger partial charge in [-0.25, -0.2) is 0 Å². The first-order valence-corrected chi connectivity index (χ1v) is 7.02. The van der Waals surface area contributed by atoms with Gasteiger partial charge in [0.25, 0.3) is 0 Å². The molecule has 0 saturated carbocycles. The van der Waals surface area contributed by atoms with Crippen LogP contribution in [-0.4, -0.2) is 75.3 Å². The summed E-state index contributed by atoms with van der Waals surface area (Å²) in [6.07, 6.45) is 0. The summed E-state index contributed by atoms with van der Waals surface area (Å²) in [5.74, 6) is 1.46. The lowest BCUT2D eigenvalue weighted by molar-refractivity contribution is 0.229. The molecule has 0 radical (unpaired) electrons. The van der Waals surface area contributed by atoms with Gasteiger partial charge in [0.1, 0.15) is 5.82 Å². The van der Waals surface area contributed by atoms with Crippen LogP contribution in [0.4, 0.5) is 11.5 Å². The molecule has 20 heavy (non-hydrogen) atoms. The van der Waals surface area contributed by atoms with Crippen LogP contribution in [0.2, 0.25) is 0 Å². The van der Waals surface area contributed by atoms with Crippen molar-refractivity contribution >= 4 is 11.5 Å². The van der Waals surface area contributed by atoms with Crippen LogP contribution in [-0.2, 0) is 0 Å². The van der Waals surface area contributed by atoms with Crippen LogP contribution >= 0.6 is 0 Å². The molecule has 0 atom stereocenters. The normalized spacial score (nSPS) is 16.7. The number of aromatic nitrogens is 1. The van der Waals surface area contributed by atoms with Crippen LogP contribution in [0.1, 0.15) is 0 Å². The molecule has 112 valence electrons. The number of hydrogen-bond acceptors (Lipinski definition) is 6. The summed E-state index contributed by atoms with van der Waals surface area (Å²) in [6, 6.07) is 3.83. The van der Waals surface area contributed by atoms with Gasteiger partial charge in [0, 0.05) is 39.3 Å². The van der Waals surface area contributed by atoms with Crippen LogP contribution in [0.3, 0.4) is 0 Å². The van der Waals surface area contributed by atoms with E-state index in [-0.39, 0.29) is 0 Å². The molecule has 0 bridgehead atoms. The Morgan fingerprint density at radius 2 is 1.95 bits per heavy atom. The second-order valence-corrected chi connectivity index (χ2v) is 5.40. The Morgan fingerprint density at radius 3 is 2.55 bits per heavy atom. The zero-order valence-electron chi connectivity index (χ0n) is 12.7. The molecule has 0 aromatic carbocycles. The third-order valence-corrected chi connectivity index (χ3v) is 3.63. The van der Waals surface area contributed by atoms with Gasteiger partial charge in [-0.15, -0.1) is 0 Å². The van der Waals surface area contributed by atoms with E-state index < -0.39 is 0 Å². The molecule has 6 heteroatoms. The third-order valence-electron chi connectivity index (χ3n) is 3.63. The lowest BCUT2D eigenvalue weighted by atomic mass is 10.3. The van der Waals surface area contributed by atoms with Crippen LogP contribution < -0.4 is 15.4 Å². The standard InChI is InChI=1S/C14H25N5O/c1-17(2)6-7-18-8-10-19(11-9-18)13-5-4-12(15)14(16-13)20-3/h4-5H,6-11,15H2,1-3H3. The Morgan fingerprint density at radius 1 is 1.25 bits per heavy atom. The van der Waals surface area contributed by atoms with Crippen molar-refractivity contribution in [3.63, 3.8) is 0 Å². The van der Waals surface area contributed by atoms with E-state index in [1.54, 1.807) is 7.11 Å². The highest BCUT2D eigenvalue weighted by Gasteiger charge is 2.18. The lowest BCUT2D eigenvalue weighted by Crippen LogP contribution is -2.48. The van der Waals surface area contributed by atoms with Crippen LogP contribution in [0, 0.1) is 0 Å². The van der Waals surface area contributed by atoms with Gasteiger partial charge < -0.3 is 20.3 Å². The number of likely N-dealkylation sites (N-methyl/N-ethyl adjacent to an activating group) is 1. The van der Waals surface area contributed by atoms with Gasteiger partial charge in [-0.1, -0.05) is 0 Å². The van der Waals surface area contributed by atoms with Gasteiger partial charge in [0.05, 0.1) is 12.8 Å². The molecular formula is C14H25N5O. The third kappa shape index (κ3) is 3.74. The van der Waals surface area contributed by atoms with E-state index >= 15 is 0 Å². The van der Waals surface area contributed by atoms with Crippen molar-refractivity contribution in [2.24, 2.45) is 0 Å². The SMILES string of the molecule is COc1nc(N2CCN(CCN(C)C)CC2)ccc1N. The number of methoxy groups -OCH3 is 1. The maximum absolute atomic E-state index is 5.80. The highest BCUT2D eigenvalue weighted by atomic mass is 16.5. The Hall–Kier alpha value is -1.53. The Balaban J connectivity index is 1.90. The Kier molecular flexibility index (Phi) is 5.03. The maximum atomic E-state index is 5.80. The average molecular weight is 279 g/mol. The van der Waals surface area contributed by atoms with Crippen molar-refractivity contribution in [1.29, 1.82) is 0 Å². The predicted molar refractivity (Wildman–Crippen MR) is 82.4 cm³/mol. The minimum Gasteiger partial charge on any atom is -0.479 e. The molecule has 1 aromatic rings. The van der Waals surface area contributed by atoms with E-state index in [0.717, 1.165) is 45.1 Å². The zero-order chi connectivity index (χ0) is 14.5.